The topological polar surface area (TPSA) is 114 Å². The number of para-hydroxylation sites is 1. The van der Waals surface area contributed by atoms with Gasteiger partial charge >= 0.3 is 0 Å². The second-order valence-electron chi connectivity index (χ2n) is 6.62. The monoisotopic (exact) mass is 407 g/mol. The molecule has 3 rings (SSSR count). The molecule has 0 spiro atoms. The van der Waals surface area contributed by atoms with Gasteiger partial charge in [-0.15, -0.1) is 0 Å². The number of rotatable bonds is 8. The van der Waals surface area contributed by atoms with E-state index < -0.39 is 10.8 Å². The van der Waals surface area contributed by atoms with Gasteiger partial charge in [-0.1, -0.05) is 31.5 Å². The number of hydrogen-bond donors (Lipinski definition) is 2. The van der Waals surface area contributed by atoms with Gasteiger partial charge in [0.25, 0.3) is 11.6 Å². The third-order valence-electron chi connectivity index (χ3n) is 4.36. The summed E-state index contributed by atoms with van der Waals surface area (Å²) in [6.07, 6.45) is 2.18. The number of nitro benzene ring substituents is 1. The predicted octanol–water partition coefficient (Wildman–Crippen LogP) is 5.24. The third kappa shape index (κ3) is 5.11. The number of nitrogens with one attached hydrogen (secondary N) is 2. The highest BCUT2D eigenvalue weighted by molar-refractivity contribution is 6.03. The van der Waals surface area contributed by atoms with E-state index in [1.54, 1.807) is 42.5 Å². The molecule has 154 valence electrons. The number of hydrogen-bond acceptors (Lipinski definition) is 5. The Kier molecular flexibility index (Phi) is 6.59. The van der Waals surface area contributed by atoms with Gasteiger partial charge < -0.3 is 15.1 Å². The van der Waals surface area contributed by atoms with Gasteiger partial charge in [0.15, 0.2) is 5.76 Å². The molecule has 0 aliphatic rings. The summed E-state index contributed by atoms with van der Waals surface area (Å²) < 4.78 is 5.55. The van der Waals surface area contributed by atoms with E-state index in [4.69, 9.17) is 4.42 Å². The molecule has 0 aliphatic carbocycles. The Balaban J connectivity index is 1.71. The summed E-state index contributed by atoms with van der Waals surface area (Å²) >= 11 is 0. The summed E-state index contributed by atoms with van der Waals surface area (Å²) in [7, 11) is 0. The number of carbonyl (C=O) groups excluding carboxylic acids is 2. The van der Waals surface area contributed by atoms with Crippen LogP contribution in [0.15, 0.2) is 65.1 Å². The molecular formula is C22H21N3O5. The Hall–Kier alpha value is -3.94. The molecule has 0 bridgehead atoms. The maximum absolute atomic E-state index is 12.5. The van der Waals surface area contributed by atoms with Crippen molar-refractivity contribution in [2.45, 2.75) is 26.2 Å². The minimum Gasteiger partial charge on any atom is -0.451 e. The van der Waals surface area contributed by atoms with Crippen molar-refractivity contribution in [3.63, 3.8) is 0 Å². The standard InChI is InChI=1S/C22H21N3O5/c1-2-3-11-21(26)23-15-7-6-8-16(14-15)24-22(27)20-13-12-19(30-20)17-9-4-5-10-18(17)25(28)29/h4-10,12-14H,2-3,11H2,1H3,(H,23,26)(H,24,27). The largest absolute Gasteiger partial charge is 0.451 e. The zero-order valence-electron chi connectivity index (χ0n) is 16.4. The highest BCUT2D eigenvalue weighted by atomic mass is 16.6. The van der Waals surface area contributed by atoms with E-state index in [1.807, 2.05) is 6.92 Å². The molecule has 0 aliphatic heterocycles. The molecular weight excluding hydrogens is 386 g/mol. The second-order valence-corrected chi connectivity index (χ2v) is 6.62. The first-order chi connectivity index (χ1) is 14.5. The number of unbranched alkanes of at least 4 members (excludes halogenated alkanes) is 1. The number of nitrogens with zero attached hydrogens (tertiary/aromatic N) is 1. The summed E-state index contributed by atoms with van der Waals surface area (Å²) in [5, 5.41) is 16.7. The van der Waals surface area contributed by atoms with E-state index in [0.717, 1.165) is 12.8 Å². The van der Waals surface area contributed by atoms with Crippen molar-refractivity contribution in [2.24, 2.45) is 0 Å². The molecule has 0 saturated carbocycles. The number of amides is 2. The lowest BCUT2D eigenvalue weighted by Gasteiger charge is -2.08. The van der Waals surface area contributed by atoms with Gasteiger partial charge in [-0.05, 0) is 42.8 Å². The Labute approximate surface area is 173 Å². The fourth-order valence-electron chi connectivity index (χ4n) is 2.87. The van der Waals surface area contributed by atoms with Crippen molar-refractivity contribution in [2.75, 3.05) is 10.6 Å². The van der Waals surface area contributed by atoms with Crippen molar-refractivity contribution in [1.29, 1.82) is 0 Å². The summed E-state index contributed by atoms with van der Waals surface area (Å²) in [6.45, 7) is 2.01. The van der Waals surface area contributed by atoms with Crippen LogP contribution in [0.4, 0.5) is 17.1 Å². The van der Waals surface area contributed by atoms with E-state index in [9.17, 15) is 19.7 Å². The first kappa shape index (κ1) is 20.8. The van der Waals surface area contributed by atoms with Crippen LogP contribution in [0, 0.1) is 10.1 Å². The van der Waals surface area contributed by atoms with E-state index in [2.05, 4.69) is 10.6 Å². The summed E-state index contributed by atoms with van der Waals surface area (Å²) in [4.78, 5) is 35.1. The number of carbonyl (C=O) groups is 2. The Morgan fingerprint density at radius 1 is 1.00 bits per heavy atom. The average Bonchev–Trinajstić information content (AvgIpc) is 3.23. The molecule has 2 amide bonds. The lowest BCUT2D eigenvalue weighted by Crippen LogP contribution is -2.13. The fraction of sp³-hybridized carbons (Fsp3) is 0.182. The fourth-order valence-corrected chi connectivity index (χ4v) is 2.87. The van der Waals surface area contributed by atoms with Gasteiger partial charge in [0.05, 0.1) is 10.5 Å². The Morgan fingerprint density at radius 3 is 2.47 bits per heavy atom. The number of nitro groups is 1. The smallest absolute Gasteiger partial charge is 0.291 e. The SMILES string of the molecule is CCCCC(=O)Nc1cccc(NC(=O)c2ccc(-c3ccccc3[N+](=O)[O-])o2)c1. The molecule has 3 aromatic rings. The van der Waals surface area contributed by atoms with Crippen LogP contribution in [0.3, 0.4) is 0 Å². The van der Waals surface area contributed by atoms with Crippen molar-refractivity contribution >= 4 is 28.9 Å². The summed E-state index contributed by atoms with van der Waals surface area (Å²) in [6, 6.07) is 15.9. The van der Waals surface area contributed by atoms with Gasteiger partial charge in [0, 0.05) is 23.9 Å². The zero-order chi connectivity index (χ0) is 21.5. The Morgan fingerprint density at radius 2 is 1.73 bits per heavy atom. The number of benzene rings is 2. The molecule has 0 atom stereocenters. The summed E-state index contributed by atoms with van der Waals surface area (Å²) in [5.41, 5.74) is 1.24. The lowest BCUT2D eigenvalue weighted by atomic mass is 10.1. The van der Waals surface area contributed by atoms with Crippen molar-refractivity contribution in [1.82, 2.24) is 0 Å². The van der Waals surface area contributed by atoms with Crippen LogP contribution >= 0.6 is 0 Å². The minimum atomic E-state index is -0.505. The van der Waals surface area contributed by atoms with Crippen LogP contribution in [0.25, 0.3) is 11.3 Å². The highest BCUT2D eigenvalue weighted by Gasteiger charge is 2.19. The molecule has 8 heteroatoms. The van der Waals surface area contributed by atoms with Crippen LogP contribution < -0.4 is 10.6 Å². The van der Waals surface area contributed by atoms with E-state index in [0.29, 0.717) is 23.4 Å². The first-order valence-electron chi connectivity index (χ1n) is 9.53. The molecule has 0 radical (unpaired) electrons. The Bertz CT molecular complexity index is 1070. The van der Waals surface area contributed by atoms with E-state index >= 15 is 0 Å². The van der Waals surface area contributed by atoms with Gasteiger partial charge in [-0.25, -0.2) is 0 Å². The van der Waals surface area contributed by atoms with Gasteiger partial charge in [-0.3, -0.25) is 19.7 Å². The van der Waals surface area contributed by atoms with Crippen molar-refractivity contribution in [3.05, 3.63) is 76.5 Å². The molecule has 30 heavy (non-hydrogen) atoms. The molecule has 1 heterocycles. The maximum Gasteiger partial charge on any atom is 0.291 e. The molecule has 0 fully saturated rings. The maximum atomic E-state index is 12.5. The van der Waals surface area contributed by atoms with E-state index in [-0.39, 0.29) is 23.1 Å². The quantitative estimate of drug-likeness (QED) is 0.392. The van der Waals surface area contributed by atoms with Gasteiger partial charge in [-0.2, -0.15) is 0 Å². The minimum absolute atomic E-state index is 0.0144. The number of furan rings is 1. The van der Waals surface area contributed by atoms with Crippen molar-refractivity contribution < 1.29 is 18.9 Å². The van der Waals surface area contributed by atoms with Crippen LogP contribution in [-0.4, -0.2) is 16.7 Å². The molecule has 2 aromatic carbocycles. The van der Waals surface area contributed by atoms with E-state index in [1.165, 1.54) is 18.2 Å². The molecule has 0 unspecified atom stereocenters. The van der Waals surface area contributed by atoms with Crippen LogP contribution in [0.1, 0.15) is 36.7 Å². The van der Waals surface area contributed by atoms with Crippen LogP contribution in [-0.2, 0) is 4.79 Å². The van der Waals surface area contributed by atoms with Crippen LogP contribution in [0.2, 0.25) is 0 Å². The zero-order valence-corrected chi connectivity index (χ0v) is 16.4. The normalized spacial score (nSPS) is 10.4. The predicted molar refractivity (Wildman–Crippen MR) is 113 cm³/mol. The first-order valence-corrected chi connectivity index (χ1v) is 9.53. The van der Waals surface area contributed by atoms with Gasteiger partial charge in [0.1, 0.15) is 5.76 Å². The molecule has 1 aromatic heterocycles. The molecule has 8 nitrogen and oxygen atoms in total. The lowest BCUT2D eigenvalue weighted by molar-refractivity contribution is -0.384. The van der Waals surface area contributed by atoms with Crippen LogP contribution in [0.5, 0.6) is 0 Å². The van der Waals surface area contributed by atoms with Crippen molar-refractivity contribution in [3.8, 4) is 11.3 Å². The molecule has 0 saturated heterocycles. The highest BCUT2D eigenvalue weighted by Crippen LogP contribution is 2.31. The average molecular weight is 407 g/mol. The third-order valence-corrected chi connectivity index (χ3v) is 4.36. The second kappa shape index (κ2) is 9.51. The van der Waals surface area contributed by atoms with Gasteiger partial charge in [0.2, 0.25) is 5.91 Å². The molecule has 2 N–H and O–H groups in total. The summed E-state index contributed by atoms with van der Waals surface area (Å²) in [5.74, 6) is -0.348. The number of anilines is 2.